The van der Waals surface area contributed by atoms with Crippen molar-refractivity contribution in [1.82, 2.24) is 0 Å². The van der Waals surface area contributed by atoms with Crippen LogP contribution in [0.4, 0.5) is 0 Å². The molecule has 0 saturated carbocycles. The molecule has 0 aromatic rings. The lowest BCUT2D eigenvalue weighted by atomic mass is 9.94. The van der Waals surface area contributed by atoms with E-state index in [1.165, 1.54) is 44.1 Å². The molecular weight excluding hydrogens is 272 g/mol. The number of hydrogen-bond donors (Lipinski definition) is 0. The van der Waals surface area contributed by atoms with Crippen molar-refractivity contribution in [2.24, 2.45) is 11.8 Å². The maximum atomic E-state index is 5.38. The first-order valence-electron chi connectivity index (χ1n) is 9.09. The van der Waals surface area contributed by atoms with Crippen LogP contribution in [0.5, 0.6) is 0 Å². The first-order valence-corrected chi connectivity index (χ1v) is 9.09. The van der Waals surface area contributed by atoms with Crippen LogP contribution >= 0.6 is 0 Å². The highest BCUT2D eigenvalue weighted by atomic mass is 16.7. The highest BCUT2D eigenvalue weighted by Crippen LogP contribution is 2.21. The summed E-state index contributed by atoms with van der Waals surface area (Å²) in [5.41, 5.74) is 1.50. The summed E-state index contributed by atoms with van der Waals surface area (Å²) in [6.45, 7) is 11.3. The van der Waals surface area contributed by atoms with Gasteiger partial charge in [-0.15, -0.1) is 0 Å². The van der Waals surface area contributed by atoms with Crippen LogP contribution < -0.4 is 0 Å². The molecule has 0 radical (unpaired) electrons. The minimum atomic E-state index is -0.443. The quantitative estimate of drug-likeness (QED) is 0.291. The van der Waals surface area contributed by atoms with E-state index in [0.29, 0.717) is 0 Å². The molecule has 0 bridgehead atoms. The molecule has 0 heterocycles. The van der Waals surface area contributed by atoms with Crippen LogP contribution in [0.3, 0.4) is 0 Å². The molecule has 0 aliphatic carbocycles. The van der Waals surface area contributed by atoms with Gasteiger partial charge in [-0.3, -0.25) is 0 Å². The van der Waals surface area contributed by atoms with Crippen molar-refractivity contribution in [1.29, 1.82) is 0 Å². The van der Waals surface area contributed by atoms with Gasteiger partial charge >= 0.3 is 0 Å². The molecule has 0 spiro atoms. The van der Waals surface area contributed by atoms with Crippen molar-refractivity contribution >= 4 is 0 Å². The zero-order valence-corrected chi connectivity index (χ0v) is 16.2. The Labute approximate surface area is 139 Å². The third kappa shape index (κ3) is 11.3. The van der Waals surface area contributed by atoms with Gasteiger partial charge in [0.1, 0.15) is 0 Å². The number of hydrogen-bond acceptors (Lipinski definition) is 2. The van der Waals surface area contributed by atoms with Crippen LogP contribution in [-0.4, -0.2) is 20.0 Å². The molecule has 22 heavy (non-hydrogen) atoms. The van der Waals surface area contributed by atoms with Crippen molar-refractivity contribution < 1.29 is 9.47 Å². The minimum Gasteiger partial charge on any atom is -0.353 e. The summed E-state index contributed by atoms with van der Waals surface area (Å²) in [5.74, 6) is 1.28. The van der Waals surface area contributed by atoms with Crippen molar-refractivity contribution in [2.75, 3.05) is 14.2 Å². The van der Waals surface area contributed by atoms with Gasteiger partial charge in [-0.1, -0.05) is 58.1 Å². The van der Waals surface area contributed by atoms with Gasteiger partial charge in [-0.25, -0.2) is 0 Å². The van der Waals surface area contributed by atoms with Gasteiger partial charge in [0.15, 0.2) is 5.79 Å². The third-order valence-corrected chi connectivity index (χ3v) is 4.70. The van der Waals surface area contributed by atoms with E-state index in [0.717, 1.165) is 24.7 Å². The molecule has 0 rings (SSSR count). The molecule has 0 amide bonds. The van der Waals surface area contributed by atoms with E-state index < -0.39 is 5.79 Å². The fourth-order valence-electron chi connectivity index (χ4n) is 2.72. The Hall–Kier alpha value is -0.340. The lowest BCUT2D eigenvalue weighted by Crippen LogP contribution is -2.29. The topological polar surface area (TPSA) is 18.5 Å². The normalized spacial score (nSPS) is 14.6. The Morgan fingerprint density at radius 3 is 2.14 bits per heavy atom. The Kier molecular flexibility index (Phi) is 11.9. The zero-order chi connectivity index (χ0) is 17.0. The molecule has 132 valence electrons. The van der Waals surface area contributed by atoms with Crippen LogP contribution in [0.25, 0.3) is 0 Å². The summed E-state index contributed by atoms with van der Waals surface area (Å²) in [6.07, 6.45) is 12.3. The van der Waals surface area contributed by atoms with Gasteiger partial charge in [0, 0.05) is 20.6 Å². The number of methoxy groups -OCH3 is 2. The Bertz CT molecular complexity index is 290. The third-order valence-electron chi connectivity index (χ3n) is 4.70. The lowest BCUT2D eigenvalue weighted by molar-refractivity contribution is -0.196. The Morgan fingerprint density at radius 1 is 1.00 bits per heavy atom. The molecule has 0 aliphatic heterocycles. The molecule has 1 atom stereocenters. The maximum absolute atomic E-state index is 5.38. The van der Waals surface area contributed by atoms with E-state index in [9.17, 15) is 0 Å². The predicted octanol–water partition coefficient (Wildman–Crippen LogP) is 6.35. The summed E-state index contributed by atoms with van der Waals surface area (Å²) < 4.78 is 10.8. The SMILES string of the molecule is COC(C)(CC/C=C(\C)CCC[C@H](C)CCCC(C)C)OC. The van der Waals surface area contributed by atoms with Crippen LogP contribution in [-0.2, 0) is 9.47 Å². The second kappa shape index (κ2) is 12.1. The number of ether oxygens (including phenoxy) is 2. The summed E-state index contributed by atoms with van der Waals surface area (Å²) in [4.78, 5) is 0. The summed E-state index contributed by atoms with van der Waals surface area (Å²) >= 11 is 0. The standard InChI is InChI=1S/C20H40O2/c1-17(2)11-8-12-18(3)13-9-14-19(4)15-10-16-20(5,21-6)22-7/h15,17-18H,8-14,16H2,1-7H3/b19-15+/t18-/m1/s1. The van der Waals surface area contributed by atoms with Crippen molar-refractivity contribution in [3.63, 3.8) is 0 Å². The molecule has 0 aromatic carbocycles. The maximum Gasteiger partial charge on any atom is 0.165 e. The zero-order valence-electron chi connectivity index (χ0n) is 16.2. The van der Waals surface area contributed by atoms with E-state index in [2.05, 4.69) is 33.8 Å². The molecule has 0 aliphatic rings. The molecule has 0 unspecified atom stereocenters. The monoisotopic (exact) mass is 312 g/mol. The lowest BCUT2D eigenvalue weighted by Gasteiger charge is -2.25. The van der Waals surface area contributed by atoms with Crippen LogP contribution in [0.15, 0.2) is 11.6 Å². The van der Waals surface area contributed by atoms with Gasteiger partial charge in [0.05, 0.1) is 0 Å². The van der Waals surface area contributed by atoms with Gasteiger partial charge in [-0.2, -0.15) is 0 Å². The fourth-order valence-corrected chi connectivity index (χ4v) is 2.72. The first kappa shape index (κ1) is 21.7. The van der Waals surface area contributed by atoms with Crippen molar-refractivity contribution in [3.8, 4) is 0 Å². The summed E-state index contributed by atoms with van der Waals surface area (Å²) in [6, 6.07) is 0. The minimum absolute atomic E-state index is 0.443. The molecule has 0 saturated heterocycles. The van der Waals surface area contributed by atoms with Crippen molar-refractivity contribution in [2.45, 2.75) is 91.8 Å². The second-order valence-corrected chi connectivity index (χ2v) is 7.45. The van der Waals surface area contributed by atoms with Crippen LogP contribution in [0.2, 0.25) is 0 Å². The molecule has 0 fully saturated rings. The van der Waals surface area contributed by atoms with Gasteiger partial charge in [0.2, 0.25) is 0 Å². The molecule has 0 N–H and O–H groups in total. The van der Waals surface area contributed by atoms with Crippen molar-refractivity contribution in [3.05, 3.63) is 11.6 Å². The van der Waals surface area contributed by atoms with E-state index in [1.54, 1.807) is 14.2 Å². The smallest absolute Gasteiger partial charge is 0.165 e. The van der Waals surface area contributed by atoms with Gasteiger partial charge in [-0.05, 0) is 44.9 Å². The number of rotatable bonds is 13. The summed E-state index contributed by atoms with van der Waals surface area (Å²) in [5, 5.41) is 0. The Morgan fingerprint density at radius 2 is 1.59 bits per heavy atom. The van der Waals surface area contributed by atoms with Gasteiger partial charge < -0.3 is 9.47 Å². The first-order chi connectivity index (χ1) is 10.3. The molecule has 2 nitrogen and oxygen atoms in total. The fraction of sp³-hybridized carbons (Fsp3) is 0.900. The molecular formula is C20H40O2. The summed E-state index contributed by atoms with van der Waals surface area (Å²) in [7, 11) is 3.42. The molecule has 0 aromatic heterocycles. The predicted molar refractivity (Wildman–Crippen MR) is 97.1 cm³/mol. The van der Waals surface area contributed by atoms with E-state index in [1.807, 2.05) is 6.92 Å². The average Bonchev–Trinajstić information content (AvgIpc) is 2.46. The van der Waals surface area contributed by atoms with Crippen LogP contribution in [0, 0.1) is 11.8 Å². The number of allylic oxidation sites excluding steroid dienone is 2. The molecule has 2 heteroatoms. The van der Waals surface area contributed by atoms with Gasteiger partial charge in [0.25, 0.3) is 0 Å². The van der Waals surface area contributed by atoms with E-state index in [4.69, 9.17) is 9.47 Å². The Balaban J connectivity index is 3.79. The second-order valence-electron chi connectivity index (χ2n) is 7.45. The average molecular weight is 313 g/mol. The highest BCUT2D eigenvalue weighted by molar-refractivity contribution is 4.98. The van der Waals surface area contributed by atoms with E-state index in [-0.39, 0.29) is 0 Å². The van der Waals surface area contributed by atoms with Crippen LogP contribution in [0.1, 0.15) is 86.0 Å². The highest BCUT2D eigenvalue weighted by Gasteiger charge is 2.20. The largest absolute Gasteiger partial charge is 0.353 e. The van der Waals surface area contributed by atoms with E-state index >= 15 is 0 Å².